The van der Waals surface area contributed by atoms with Crippen molar-refractivity contribution >= 4 is 17.4 Å². The second kappa shape index (κ2) is 4.52. The Morgan fingerprint density at radius 2 is 1.90 bits per heavy atom. The summed E-state index contributed by atoms with van der Waals surface area (Å²) in [5, 5.41) is 0. The maximum atomic E-state index is 6.17. The first-order chi connectivity index (χ1) is 10.2. The van der Waals surface area contributed by atoms with Crippen LogP contribution in [0.4, 0.5) is 11.4 Å². The van der Waals surface area contributed by atoms with Crippen molar-refractivity contribution < 1.29 is 4.74 Å². The van der Waals surface area contributed by atoms with Gasteiger partial charge in [-0.2, -0.15) is 4.99 Å². The van der Waals surface area contributed by atoms with Crippen molar-refractivity contribution in [1.82, 2.24) is 0 Å². The van der Waals surface area contributed by atoms with E-state index in [1.165, 1.54) is 11.1 Å². The summed E-state index contributed by atoms with van der Waals surface area (Å²) >= 11 is 0. The molecule has 2 atom stereocenters. The number of hydrogen-bond donors (Lipinski definition) is 2. The number of aliphatic imine (C=N–C) groups is 1. The molecular weight excluding hydrogens is 262 g/mol. The average molecular weight is 279 g/mol. The zero-order valence-corrected chi connectivity index (χ0v) is 11.6. The smallest absolute Gasteiger partial charge is 0.287 e. The van der Waals surface area contributed by atoms with Crippen LogP contribution in [0.2, 0.25) is 0 Å². The molecule has 21 heavy (non-hydrogen) atoms. The molecule has 0 saturated carbocycles. The zero-order chi connectivity index (χ0) is 14.4. The summed E-state index contributed by atoms with van der Waals surface area (Å²) in [6.07, 6.45) is 1.97. The van der Waals surface area contributed by atoms with E-state index in [1.54, 1.807) is 0 Å². The lowest BCUT2D eigenvalue weighted by Crippen LogP contribution is -2.26. The number of hydrogen-bond acceptors (Lipinski definition) is 4. The number of nitrogens with two attached hydrogens (primary N) is 2. The molecule has 0 saturated heterocycles. The molecule has 4 nitrogen and oxygen atoms in total. The van der Waals surface area contributed by atoms with Crippen LogP contribution in [0, 0.1) is 0 Å². The van der Waals surface area contributed by atoms with Gasteiger partial charge in [0.05, 0.1) is 5.69 Å². The van der Waals surface area contributed by atoms with Crippen molar-refractivity contribution in [3.8, 4) is 0 Å². The van der Waals surface area contributed by atoms with Crippen LogP contribution in [-0.2, 0) is 11.2 Å². The third-order valence-corrected chi connectivity index (χ3v) is 4.42. The van der Waals surface area contributed by atoms with Gasteiger partial charge in [-0.1, -0.05) is 30.3 Å². The lowest BCUT2D eigenvalue weighted by atomic mass is 9.88. The summed E-state index contributed by atoms with van der Waals surface area (Å²) in [6, 6.07) is 14.5. The van der Waals surface area contributed by atoms with E-state index in [-0.39, 0.29) is 18.0 Å². The normalized spacial score (nSPS) is 23.0. The molecule has 0 bridgehead atoms. The van der Waals surface area contributed by atoms with Crippen molar-refractivity contribution in [3.63, 3.8) is 0 Å². The molecule has 0 fully saturated rings. The van der Waals surface area contributed by atoms with Crippen LogP contribution in [0.5, 0.6) is 0 Å². The molecular formula is C17H17N3O. The average Bonchev–Trinajstić information content (AvgIpc) is 2.90. The Kier molecular flexibility index (Phi) is 2.64. The summed E-state index contributed by atoms with van der Waals surface area (Å²) in [6.45, 7) is 0. The quantitative estimate of drug-likeness (QED) is 0.788. The largest absolute Gasteiger partial charge is 0.456 e. The maximum Gasteiger partial charge on any atom is 0.287 e. The summed E-state index contributed by atoms with van der Waals surface area (Å²) in [4.78, 5) is 4.28. The minimum atomic E-state index is -0.151. The molecule has 0 aromatic heterocycles. The predicted molar refractivity (Wildman–Crippen MR) is 83.5 cm³/mol. The van der Waals surface area contributed by atoms with E-state index in [1.807, 2.05) is 18.2 Å². The highest BCUT2D eigenvalue weighted by Crippen LogP contribution is 2.48. The second-order valence-corrected chi connectivity index (χ2v) is 5.61. The van der Waals surface area contributed by atoms with Crippen LogP contribution in [0.3, 0.4) is 0 Å². The van der Waals surface area contributed by atoms with Gasteiger partial charge in [0.1, 0.15) is 6.10 Å². The fourth-order valence-electron chi connectivity index (χ4n) is 3.50. The number of anilines is 1. The Morgan fingerprint density at radius 3 is 2.81 bits per heavy atom. The van der Waals surface area contributed by atoms with E-state index < -0.39 is 0 Å². The molecule has 2 aliphatic rings. The van der Waals surface area contributed by atoms with Gasteiger partial charge in [0, 0.05) is 17.2 Å². The molecule has 1 unspecified atom stereocenters. The van der Waals surface area contributed by atoms with Crippen LogP contribution >= 0.6 is 0 Å². The van der Waals surface area contributed by atoms with Crippen molar-refractivity contribution in [1.29, 1.82) is 0 Å². The lowest BCUT2D eigenvalue weighted by Gasteiger charge is -2.30. The third-order valence-electron chi connectivity index (χ3n) is 4.42. The molecule has 4 heteroatoms. The first-order valence-corrected chi connectivity index (χ1v) is 7.21. The fourth-order valence-corrected chi connectivity index (χ4v) is 3.50. The van der Waals surface area contributed by atoms with Gasteiger partial charge < -0.3 is 16.2 Å². The molecule has 1 aliphatic heterocycles. The highest BCUT2D eigenvalue weighted by atomic mass is 16.5. The van der Waals surface area contributed by atoms with Gasteiger partial charge in [-0.3, -0.25) is 0 Å². The molecule has 4 N–H and O–H groups in total. The number of rotatable bonds is 1. The van der Waals surface area contributed by atoms with Crippen molar-refractivity contribution in [2.24, 2.45) is 10.7 Å². The summed E-state index contributed by atoms with van der Waals surface area (Å²) in [5.74, 6) is 0.277. The molecule has 0 radical (unpaired) electrons. The molecule has 2 aromatic rings. The van der Waals surface area contributed by atoms with Crippen LogP contribution in [0.1, 0.15) is 35.1 Å². The van der Waals surface area contributed by atoms with Gasteiger partial charge in [0.15, 0.2) is 0 Å². The Morgan fingerprint density at radius 1 is 1.05 bits per heavy atom. The molecule has 1 aliphatic carbocycles. The number of amidine groups is 1. The Hall–Kier alpha value is -2.49. The van der Waals surface area contributed by atoms with E-state index >= 15 is 0 Å². The molecule has 0 amide bonds. The first kappa shape index (κ1) is 12.3. The highest BCUT2D eigenvalue weighted by molar-refractivity contribution is 5.80. The minimum Gasteiger partial charge on any atom is -0.456 e. The van der Waals surface area contributed by atoms with E-state index in [0.717, 1.165) is 29.8 Å². The van der Waals surface area contributed by atoms with Crippen molar-refractivity contribution in [2.45, 2.75) is 24.9 Å². The van der Waals surface area contributed by atoms with Crippen LogP contribution < -0.4 is 11.5 Å². The predicted octanol–water partition coefficient (Wildman–Crippen LogP) is 3.02. The molecule has 0 spiro atoms. The highest BCUT2D eigenvalue weighted by Gasteiger charge is 2.36. The van der Waals surface area contributed by atoms with Crippen molar-refractivity contribution in [3.05, 3.63) is 59.2 Å². The van der Waals surface area contributed by atoms with E-state index in [2.05, 4.69) is 29.3 Å². The Balaban J connectivity index is 1.83. The van der Waals surface area contributed by atoms with Crippen LogP contribution in [0.15, 0.2) is 47.5 Å². The number of fused-ring (bicyclic) bond motifs is 2. The van der Waals surface area contributed by atoms with Gasteiger partial charge in [-0.15, -0.1) is 0 Å². The minimum absolute atomic E-state index is 0.151. The standard InChI is InChI=1S/C17H17N3O/c18-13-6-3-7-14-15(13)16(21-17(19)20-14)12-9-8-10-4-1-2-5-11(10)12/h1-7,12,16H,8-9,18H2,(H2,19,20)/t12?,16-/m1/s1. The van der Waals surface area contributed by atoms with E-state index in [0.29, 0.717) is 0 Å². The molecule has 1 heterocycles. The molecule has 2 aromatic carbocycles. The Bertz CT molecular complexity index is 739. The van der Waals surface area contributed by atoms with Gasteiger partial charge in [0.25, 0.3) is 6.02 Å². The number of benzene rings is 2. The molecule has 4 rings (SSSR count). The third kappa shape index (κ3) is 1.87. The van der Waals surface area contributed by atoms with E-state index in [9.17, 15) is 0 Å². The SMILES string of the molecule is NC1=Nc2cccc(N)c2[C@@H](C2CCc3ccccc32)O1. The van der Waals surface area contributed by atoms with Gasteiger partial charge >= 0.3 is 0 Å². The van der Waals surface area contributed by atoms with Crippen LogP contribution in [-0.4, -0.2) is 6.02 Å². The maximum absolute atomic E-state index is 6.17. The fraction of sp³-hybridized carbons (Fsp3) is 0.235. The number of nitrogens with zero attached hydrogens (tertiary/aromatic N) is 1. The van der Waals surface area contributed by atoms with Gasteiger partial charge in [-0.05, 0) is 36.1 Å². The van der Waals surface area contributed by atoms with E-state index in [4.69, 9.17) is 16.2 Å². The summed E-state index contributed by atoms with van der Waals surface area (Å²) < 4.78 is 5.88. The Labute approximate surface area is 123 Å². The van der Waals surface area contributed by atoms with Gasteiger partial charge in [0.2, 0.25) is 0 Å². The summed E-state index contributed by atoms with van der Waals surface area (Å²) in [7, 11) is 0. The summed E-state index contributed by atoms with van der Waals surface area (Å²) in [5.41, 5.74) is 17.3. The first-order valence-electron chi connectivity index (χ1n) is 7.21. The van der Waals surface area contributed by atoms with Crippen molar-refractivity contribution in [2.75, 3.05) is 5.73 Å². The zero-order valence-electron chi connectivity index (χ0n) is 11.6. The van der Waals surface area contributed by atoms with Crippen LogP contribution in [0.25, 0.3) is 0 Å². The van der Waals surface area contributed by atoms with Gasteiger partial charge in [-0.25, -0.2) is 0 Å². The monoisotopic (exact) mass is 279 g/mol. The number of aryl methyl sites for hydroxylation is 1. The number of nitrogen functional groups attached to an aromatic ring is 1. The number of ether oxygens (including phenoxy) is 1. The molecule has 106 valence electrons. The topological polar surface area (TPSA) is 73.6 Å². The second-order valence-electron chi connectivity index (χ2n) is 5.61. The lowest BCUT2D eigenvalue weighted by molar-refractivity contribution is 0.152.